The molecule has 0 saturated carbocycles. The zero-order valence-electron chi connectivity index (χ0n) is 7.43. The molecule has 0 aliphatic rings. The first-order chi connectivity index (χ1) is 5.91. The smallest absolute Gasteiger partial charge is 0.0769 e. The van der Waals surface area contributed by atoms with E-state index in [9.17, 15) is 0 Å². The normalized spacial score (nSPS) is 9.75. The molecule has 0 fully saturated rings. The molecule has 0 radical (unpaired) electrons. The van der Waals surface area contributed by atoms with Crippen molar-refractivity contribution in [2.45, 2.75) is 19.3 Å². The first-order valence-electron chi connectivity index (χ1n) is 4.07. The molecule has 0 saturated heterocycles. The molecule has 0 heterocycles. The maximum Gasteiger partial charge on any atom is 0.0769 e. The zero-order chi connectivity index (χ0) is 9.07. The van der Waals surface area contributed by atoms with Crippen LogP contribution in [0, 0.1) is 0 Å². The fourth-order valence-corrected chi connectivity index (χ4v) is 0.838. The molecular weight excluding hydrogens is 174 g/mol. The largest absolute Gasteiger partial charge is 0.385 e. The van der Waals surface area contributed by atoms with Gasteiger partial charge >= 0.3 is 0 Å². The minimum atomic E-state index is 0.853. The van der Waals surface area contributed by atoms with Gasteiger partial charge in [0.1, 0.15) is 0 Å². The highest BCUT2D eigenvalue weighted by molar-refractivity contribution is 7.78. The number of nitrogens with one attached hydrogen (secondary N) is 3. The van der Waals surface area contributed by atoms with E-state index in [1.54, 1.807) is 7.11 Å². The molecule has 0 aliphatic carbocycles. The Labute approximate surface area is 79.0 Å². The molecule has 0 aromatic carbocycles. The summed E-state index contributed by atoms with van der Waals surface area (Å²) in [6.07, 6.45) is 3.44. The van der Waals surface area contributed by atoms with E-state index >= 15 is 0 Å². The topological polar surface area (TPSA) is 45.3 Å². The maximum atomic E-state index is 4.92. The molecule has 0 aromatic rings. The molecule has 0 aliphatic heterocycles. The van der Waals surface area contributed by atoms with Crippen molar-refractivity contribution in [3.8, 4) is 0 Å². The van der Waals surface area contributed by atoms with Gasteiger partial charge < -0.3 is 10.2 Å². The van der Waals surface area contributed by atoms with Crippen molar-refractivity contribution in [1.82, 2.24) is 16.4 Å². The van der Waals surface area contributed by atoms with Crippen LogP contribution < -0.4 is 16.4 Å². The molecule has 3 N–H and O–H groups in total. The SMILES string of the molecule is COCCCCCNNNC=S. The summed E-state index contributed by atoms with van der Waals surface area (Å²) >= 11 is 4.53. The summed E-state index contributed by atoms with van der Waals surface area (Å²) < 4.78 is 4.92. The van der Waals surface area contributed by atoms with Gasteiger partial charge in [0.2, 0.25) is 0 Å². The average Bonchev–Trinajstić information content (AvgIpc) is 2.10. The van der Waals surface area contributed by atoms with Gasteiger partial charge in [-0.2, -0.15) is 5.53 Å². The highest BCUT2D eigenvalue weighted by Gasteiger charge is 1.87. The lowest BCUT2D eigenvalue weighted by Gasteiger charge is -2.04. The molecular formula is C7H17N3OS. The first kappa shape index (κ1) is 11.8. The van der Waals surface area contributed by atoms with Gasteiger partial charge in [-0.15, -0.1) is 0 Å². The summed E-state index contributed by atoms with van der Waals surface area (Å²) in [6, 6.07) is 0. The monoisotopic (exact) mass is 191 g/mol. The molecule has 5 heteroatoms. The number of rotatable bonds is 9. The number of hydrazine groups is 2. The maximum absolute atomic E-state index is 4.92. The molecule has 0 rings (SSSR count). The molecule has 72 valence electrons. The van der Waals surface area contributed by atoms with E-state index < -0.39 is 0 Å². The van der Waals surface area contributed by atoms with Crippen molar-refractivity contribution < 1.29 is 4.74 Å². The summed E-state index contributed by atoms with van der Waals surface area (Å²) in [6.45, 7) is 1.78. The van der Waals surface area contributed by atoms with E-state index in [1.807, 2.05) is 0 Å². The molecule has 0 atom stereocenters. The Morgan fingerprint density at radius 2 is 2.17 bits per heavy atom. The second-order valence-electron chi connectivity index (χ2n) is 2.37. The molecule has 0 spiro atoms. The van der Waals surface area contributed by atoms with Crippen molar-refractivity contribution in [3.05, 3.63) is 0 Å². The van der Waals surface area contributed by atoms with Gasteiger partial charge in [-0.3, -0.25) is 0 Å². The fourth-order valence-electron chi connectivity index (χ4n) is 0.780. The van der Waals surface area contributed by atoms with Gasteiger partial charge in [0.25, 0.3) is 0 Å². The van der Waals surface area contributed by atoms with E-state index in [2.05, 4.69) is 28.6 Å². The third kappa shape index (κ3) is 9.77. The Bertz CT molecular complexity index is 103. The van der Waals surface area contributed by atoms with Crippen molar-refractivity contribution >= 4 is 17.7 Å². The van der Waals surface area contributed by atoms with Gasteiger partial charge in [-0.25, -0.2) is 5.43 Å². The Balaban J connectivity index is 2.77. The van der Waals surface area contributed by atoms with E-state index in [-0.39, 0.29) is 0 Å². The number of hydrogen-bond acceptors (Lipinski definition) is 4. The van der Waals surface area contributed by atoms with Crippen LogP contribution in [0.4, 0.5) is 0 Å². The fraction of sp³-hybridized carbons (Fsp3) is 0.857. The van der Waals surface area contributed by atoms with Crippen molar-refractivity contribution in [3.63, 3.8) is 0 Å². The third-order valence-corrected chi connectivity index (χ3v) is 1.49. The van der Waals surface area contributed by atoms with Crippen LogP contribution in [0.3, 0.4) is 0 Å². The second kappa shape index (κ2) is 10.8. The number of unbranched alkanes of at least 4 members (excludes halogenated alkanes) is 2. The molecule has 12 heavy (non-hydrogen) atoms. The van der Waals surface area contributed by atoms with Crippen molar-refractivity contribution in [2.24, 2.45) is 0 Å². The van der Waals surface area contributed by atoms with E-state index in [4.69, 9.17) is 4.74 Å². The van der Waals surface area contributed by atoms with Crippen LogP contribution in [0.1, 0.15) is 19.3 Å². The lowest BCUT2D eigenvalue weighted by molar-refractivity contribution is 0.192. The molecule has 0 bridgehead atoms. The van der Waals surface area contributed by atoms with Crippen molar-refractivity contribution in [1.29, 1.82) is 0 Å². The summed E-state index contributed by atoms with van der Waals surface area (Å²) in [5.74, 6) is 0. The first-order valence-corrected chi connectivity index (χ1v) is 4.55. The average molecular weight is 191 g/mol. The zero-order valence-corrected chi connectivity index (χ0v) is 8.25. The lowest BCUT2D eigenvalue weighted by Crippen LogP contribution is -2.42. The standard InChI is InChI=1S/C7H17N3OS/c1-11-6-4-2-3-5-8-10-9-7-12/h7-8,10H,2-6H2,1H3,(H,9,12). The number of ether oxygens (including phenoxy) is 1. The van der Waals surface area contributed by atoms with Gasteiger partial charge in [0.15, 0.2) is 0 Å². The van der Waals surface area contributed by atoms with Crippen LogP contribution in [0.25, 0.3) is 0 Å². The highest BCUT2D eigenvalue weighted by atomic mass is 32.1. The van der Waals surface area contributed by atoms with E-state index in [1.165, 1.54) is 11.9 Å². The van der Waals surface area contributed by atoms with Gasteiger partial charge in [-0.05, 0) is 19.3 Å². The number of methoxy groups -OCH3 is 1. The van der Waals surface area contributed by atoms with E-state index in [0.717, 1.165) is 26.0 Å². The van der Waals surface area contributed by atoms with Crippen LogP contribution >= 0.6 is 12.2 Å². The molecule has 0 unspecified atom stereocenters. The Hall–Kier alpha value is -0.230. The lowest BCUT2D eigenvalue weighted by atomic mass is 10.2. The number of thiocarbonyl (C=S) groups is 1. The van der Waals surface area contributed by atoms with Gasteiger partial charge in [0, 0.05) is 20.3 Å². The van der Waals surface area contributed by atoms with Crippen LogP contribution in [-0.2, 0) is 4.74 Å². The minimum Gasteiger partial charge on any atom is -0.385 e. The summed E-state index contributed by atoms with van der Waals surface area (Å²) in [4.78, 5) is 0. The van der Waals surface area contributed by atoms with Crippen LogP contribution in [0.2, 0.25) is 0 Å². The molecule has 0 aromatic heterocycles. The van der Waals surface area contributed by atoms with E-state index in [0.29, 0.717) is 0 Å². The van der Waals surface area contributed by atoms with Gasteiger partial charge in [0.05, 0.1) is 5.49 Å². The molecule has 4 nitrogen and oxygen atoms in total. The Morgan fingerprint density at radius 3 is 2.83 bits per heavy atom. The minimum absolute atomic E-state index is 0.853. The summed E-state index contributed by atoms with van der Waals surface area (Å²) in [7, 11) is 1.73. The highest BCUT2D eigenvalue weighted by Crippen LogP contribution is 1.92. The van der Waals surface area contributed by atoms with Crippen molar-refractivity contribution in [2.75, 3.05) is 20.3 Å². The predicted molar refractivity (Wildman–Crippen MR) is 53.7 cm³/mol. The Kier molecular flexibility index (Phi) is 10.6. The number of hydrogen-bond donors (Lipinski definition) is 3. The molecule has 0 amide bonds. The second-order valence-corrected chi connectivity index (χ2v) is 2.60. The van der Waals surface area contributed by atoms with Crippen LogP contribution in [0.15, 0.2) is 0 Å². The summed E-state index contributed by atoms with van der Waals surface area (Å²) in [5, 5.41) is 0. The quantitative estimate of drug-likeness (QED) is 0.279. The van der Waals surface area contributed by atoms with Crippen LogP contribution in [-0.4, -0.2) is 25.8 Å². The summed E-state index contributed by atoms with van der Waals surface area (Å²) in [5.41, 5.74) is 9.77. The van der Waals surface area contributed by atoms with Crippen LogP contribution in [0.5, 0.6) is 0 Å². The Morgan fingerprint density at radius 1 is 1.33 bits per heavy atom. The predicted octanol–water partition coefficient (Wildman–Crippen LogP) is 0.359. The third-order valence-electron chi connectivity index (χ3n) is 1.37. The van der Waals surface area contributed by atoms with Gasteiger partial charge in [-0.1, -0.05) is 12.2 Å².